The van der Waals surface area contributed by atoms with Crippen molar-refractivity contribution in [3.63, 3.8) is 0 Å². The molecule has 0 aromatic heterocycles. The highest BCUT2D eigenvalue weighted by Gasteiger charge is 2.42. The fraction of sp³-hybridized carbons (Fsp3) is 0.364. The minimum absolute atomic E-state index is 0.0527. The molecule has 2 aliphatic rings. The average molecular weight is 381 g/mol. The van der Waals surface area contributed by atoms with Crippen LogP contribution < -0.4 is 0 Å². The molecule has 4 rings (SSSR count). The summed E-state index contributed by atoms with van der Waals surface area (Å²) in [6.07, 6.45) is 0.413. The maximum atomic E-state index is 12.8. The lowest BCUT2D eigenvalue weighted by Gasteiger charge is -2.27. The summed E-state index contributed by atoms with van der Waals surface area (Å²) in [7, 11) is 1.55. The van der Waals surface area contributed by atoms with Gasteiger partial charge in [0.25, 0.3) is 0 Å². The molecule has 2 atom stereocenters. The van der Waals surface area contributed by atoms with Crippen molar-refractivity contribution in [2.45, 2.75) is 30.8 Å². The predicted molar refractivity (Wildman–Crippen MR) is 103 cm³/mol. The molecule has 0 saturated carbocycles. The molecule has 28 heavy (non-hydrogen) atoms. The van der Waals surface area contributed by atoms with E-state index in [2.05, 4.69) is 24.3 Å². The molecule has 1 aliphatic carbocycles. The molecule has 1 saturated heterocycles. The molecule has 2 aromatic rings. The first-order chi connectivity index (χ1) is 13.6. The Morgan fingerprint density at radius 1 is 1.00 bits per heavy atom. The van der Waals surface area contributed by atoms with Gasteiger partial charge in [0.1, 0.15) is 12.6 Å². The Hall–Kier alpha value is -2.86. The molecule has 6 heteroatoms. The van der Waals surface area contributed by atoms with E-state index in [1.807, 2.05) is 24.3 Å². The van der Waals surface area contributed by atoms with Gasteiger partial charge < -0.3 is 14.6 Å². The van der Waals surface area contributed by atoms with E-state index in [-0.39, 0.29) is 18.6 Å². The average Bonchev–Trinajstić information content (AvgIpc) is 3.26. The van der Waals surface area contributed by atoms with E-state index >= 15 is 0 Å². The fourth-order valence-corrected chi connectivity index (χ4v) is 4.43. The van der Waals surface area contributed by atoms with E-state index in [0.29, 0.717) is 19.4 Å². The Labute approximate surface area is 163 Å². The Morgan fingerprint density at radius 2 is 1.61 bits per heavy atom. The molecule has 146 valence electrons. The van der Waals surface area contributed by atoms with Crippen LogP contribution in [0.15, 0.2) is 48.5 Å². The molecule has 1 amide bonds. The van der Waals surface area contributed by atoms with E-state index in [4.69, 9.17) is 9.47 Å². The van der Waals surface area contributed by atoms with Gasteiger partial charge in [-0.2, -0.15) is 0 Å². The number of hydrogen-bond acceptors (Lipinski definition) is 4. The van der Waals surface area contributed by atoms with Gasteiger partial charge >= 0.3 is 12.1 Å². The molecule has 0 spiro atoms. The molecular weight excluding hydrogens is 358 g/mol. The number of ether oxygens (including phenoxy) is 2. The Balaban J connectivity index is 1.54. The summed E-state index contributed by atoms with van der Waals surface area (Å²) in [6, 6.07) is 15.1. The van der Waals surface area contributed by atoms with Gasteiger partial charge in [-0.3, -0.25) is 4.90 Å². The minimum Gasteiger partial charge on any atom is -0.480 e. The number of carbonyl (C=O) groups excluding carboxylic acids is 1. The van der Waals surface area contributed by atoms with Gasteiger partial charge in [-0.05, 0) is 35.1 Å². The zero-order chi connectivity index (χ0) is 19.7. The van der Waals surface area contributed by atoms with Crippen LogP contribution in [0.3, 0.4) is 0 Å². The summed E-state index contributed by atoms with van der Waals surface area (Å²) in [5, 5.41) is 9.47. The Bertz CT molecular complexity index is 851. The number of amides is 1. The third-order valence-corrected chi connectivity index (χ3v) is 5.69. The van der Waals surface area contributed by atoms with Crippen molar-refractivity contribution in [3.05, 3.63) is 59.7 Å². The number of fused-ring (bicyclic) bond motifs is 3. The second-order valence-electron chi connectivity index (χ2n) is 7.25. The highest BCUT2D eigenvalue weighted by atomic mass is 16.6. The highest BCUT2D eigenvalue weighted by molar-refractivity contribution is 5.82. The zero-order valence-electron chi connectivity index (χ0n) is 15.7. The van der Waals surface area contributed by atoms with E-state index in [0.717, 1.165) is 22.3 Å². The third kappa shape index (κ3) is 3.14. The molecule has 0 radical (unpaired) electrons. The first-order valence-electron chi connectivity index (χ1n) is 9.47. The van der Waals surface area contributed by atoms with Gasteiger partial charge in [0.2, 0.25) is 0 Å². The van der Waals surface area contributed by atoms with Gasteiger partial charge in [0.05, 0.1) is 12.6 Å². The standard InChI is InChI=1S/C22H23NO5/c1-27-12-14-10-11-20(21(24)25)23(14)22(26)28-13-19-17-8-4-2-6-15(17)16-7-3-5-9-18(16)19/h2-9,14,19-20H,10-13H2,1H3,(H,24,25)/t14-,20+/m0/s1. The first kappa shape index (κ1) is 18.5. The maximum absolute atomic E-state index is 12.8. The quantitative estimate of drug-likeness (QED) is 0.858. The predicted octanol–water partition coefficient (Wildman–Crippen LogP) is 3.50. The maximum Gasteiger partial charge on any atom is 0.410 e. The summed E-state index contributed by atoms with van der Waals surface area (Å²) < 4.78 is 10.8. The van der Waals surface area contributed by atoms with Crippen LogP contribution in [0.2, 0.25) is 0 Å². The fourth-order valence-electron chi connectivity index (χ4n) is 4.43. The molecule has 1 fully saturated rings. The highest BCUT2D eigenvalue weighted by Crippen LogP contribution is 2.44. The van der Waals surface area contributed by atoms with Gasteiger partial charge in [-0.1, -0.05) is 48.5 Å². The van der Waals surface area contributed by atoms with Crippen LogP contribution in [0.5, 0.6) is 0 Å². The SMILES string of the molecule is COC[C@@H]1CC[C@H](C(=O)O)N1C(=O)OCC1c2ccccc2-c2ccccc21. The van der Waals surface area contributed by atoms with Crippen LogP contribution in [0.1, 0.15) is 29.9 Å². The minimum atomic E-state index is -1.01. The van der Waals surface area contributed by atoms with Gasteiger partial charge in [-0.25, -0.2) is 9.59 Å². The zero-order valence-corrected chi connectivity index (χ0v) is 15.7. The number of benzene rings is 2. The number of carboxylic acids is 1. The molecule has 0 unspecified atom stereocenters. The molecular formula is C22H23NO5. The van der Waals surface area contributed by atoms with Crippen molar-refractivity contribution in [2.75, 3.05) is 20.3 Å². The summed E-state index contributed by atoms with van der Waals surface area (Å²) in [4.78, 5) is 25.7. The van der Waals surface area contributed by atoms with Crippen molar-refractivity contribution < 1.29 is 24.2 Å². The molecule has 6 nitrogen and oxygen atoms in total. The Morgan fingerprint density at radius 3 is 2.18 bits per heavy atom. The second kappa shape index (κ2) is 7.64. The van der Waals surface area contributed by atoms with Crippen molar-refractivity contribution in [2.24, 2.45) is 0 Å². The molecule has 1 aliphatic heterocycles. The number of carbonyl (C=O) groups is 2. The van der Waals surface area contributed by atoms with E-state index in [9.17, 15) is 14.7 Å². The van der Waals surface area contributed by atoms with E-state index in [1.54, 1.807) is 7.11 Å². The van der Waals surface area contributed by atoms with Gasteiger partial charge in [-0.15, -0.1) is 0 Å². The van der Waals surface area contributed by atoms with Crippen molar-refractivity contribution >= 4 is 12.1 Å². The number of carboxylic acid groups (broad SMARTS) is 1. The number of methoxy groups -OCH3 is 1. The lowest BCUT2D eigenvalue weighted by molar-refractivity contribution is -0.142. The number of rotatable bonds is 5. The number of nitrogens with zero attached hydrogens (tertiary/aromatic N) is 1. The summed E-state index contributed by atoms with van der Waals surface area (Å²) in [5.74, 6) is -1.06. The molecule has 1 N–H and O–H groups in total. The van der Waals surface area contributed by atoms with Gasteiger partial charge in [0, 0.05) is 13.0 Å². The van der Waals surface area contributed by atoms with E-state index < -0.39 is 18.1 Å². The normalized spacial score (nSPS) is 20.7. The van der Waals surface area contributed by atoms with Gasteiger partial charge in [0.15, 0.2) is 0 Å². The number of aliphatic carboxylic acids is 1. The summed E-state index contributed by atoms with van der Waals surface area (Å²) >= 11 is 0. The summed E-state index contributed by atoms with van der Waals surface area (Å²) in [6.45, 7) is 0.476. The van der Waals surface area contributed by atoms with Crippen LogP contribution in [0, 0.1) is 0 Å². The van der Waals surface area contributed by atoms with Crippen LogP contribution in [-0.4, -0.2) is 54.5 Å². The van der Waals surface area contributed by atoms with Crippen molar-refractivity contribution in [1.29, 1.82) is 0 Å². The number of likely N-dealkylation sites (tertiary alicyclic amines) is 1. The van der Waals surface area contributed by atoms with Crippen LogP contribution >= 0.6 is 0 Å². The lowest BCUT2D eigenvalue weighted by atomic mass is 9.98. The second-order valence-corrected chi connectivity index (χ2v) is 7.25. The topological polar surface area (TPSA) is 76.1 Å². The summed E-state index contributed by atoms with van der Waals surface area (Å²) in [5.41, 5.74) is 4.56. The van der Waals surface area contributed by atoms with Crippen LogP contribution in [-0.2, 0) is 14.3 Å². The smallest absolute Gasteiger partial charge is 0.410 e. The van der Waals surface area contributed by atoms with Crippen LogP contribution in [0.25, 0.3) is 11.1 Å². The van der Waals surface area contributed by atoms with E-state index in [1.165, 1.54) is 4.90 Å². The Kier molecular flexibility index (Phi) is 5.05. The molecule has 0 bridgehead atoms. The molecule has 2 aromatic carbocycles. The molecule has 1 heterocycles. The largest absolute Gasteiger partial charge is 0.480 e. The van der Waals surface area contributed by atoms with Crippen molar-refractivity contribution in [3.8, 4) is 11.1 Å². The van der Waals surface area contributed by atoms with Crippen LogP contribution in [0.4, 0.5) is 4.79 Å². The van der Waals surface area contributed by atoms with Crippen molar-refractivity contribution in [1.82, 2.24) is 4.90 Å². The third-order valence-electron chi connectivity index (χ3n) is 5.69. The lowest BCUT2D eigenvalue weighted by Crippen LogP contribution is -2.47. The first-order valence-corrected chi connectivity index (χ1v) is 9.47. The number of hydrogen-bond donors (Lipinski definition) is 1. The monoisotopic (exact) mass is 381 g/mol.